The third-order valence-electron chi connectivity index (χ3n) is 7.08. The summed E-state index contributed by atoms with van der Waals surface area (Å²) in [6.07, 6.45) is 0. The number of benzene rings is 3. The van der Waals surface area contributed by atoms with Crippen molar-refractivity contribution in [2.24, 2.45) is 5.41 Å². The highest BCUT2D eigenvalue weighted by molar-refractivity contribution is 9.09. The fraction of sp³-hybridized carbons (Fsp3) is 0.486. The van der Waals surface area contributed by atoms with E-state index in [9.17, 15) is 0 Å². The number of rotatable bonds is 10. The van der Waals surface area contributed by atoms with Gasteiger partial charge in [0.2, 0.25) is 0 Å². The second kappa shape index (κ2) is 12.4. The molecule has 3 aromatic carbocycles. The molecule has 0 aliphatic heterocycles. The van der Waals surface area contributed by atoms with E-state index in [1.807, 2.05) is 0 Å². The first-order chi connectivity index (χ1) is 18.1. The molecule has 0 bridgehead atoms. The van der Waals surface area contributed by atoms with Crippen LogP contribution in [-0.4, -0.2) is 25.2 Å². The Labute approximate surface area is 245 Å². The number of hydrogen-bond donors (Lipinski definition) is 0. The molecule has 0 atom stereocenters. The average Bonchev–Trinajstić information content (AvgIpc) is 2.88. The van der Waals surface area contributed by atoms with Gasteiger partial charge in [0.25, 0.3) is 0 Å². The number of halogens is 1. The molecule has 0 fully saturated rings. The summed E-state index contributed by atoms with van der Waals surface area (Å²) in [6.45, 7) is 21.3. The summed E-state index contributed by atoms with van der Waals surface area (Å²) in [5.74, 6) is 2.53. The minimum absolute atomic E-state index is 0.102. The predicted molar refractivity (Wildman–Crippen MR) is 168 cm³/mol. The van der Waals surface area contributed by atoms with E-state index in [4.69, 9.17) is 14.2 Å². The second-order valence-electron chi connectivity index (χ2n) is 13.8. The quantitative estimate of drug-likeness (QED) is 0.219. The van der Waals surface area contributed by atoms with Gasteiger partial charge in [-0.3, -0.25) is 0 Å². The highest BCUT2D eigenvalue weighted by Crippen LogP contribution is 2.30. The van der Waals surface area contributed by atoms with Crippen molar-refractivity contribution in [1.29, 1.82) is 0 Å². The molecule has 0 heterocycles. The lowest BCUT2D eigenvalue weighted by Gasteiger charge is -2.32. The van der Waals surface area contributed by atoms with E-state index < -0.39 is 5.41 Å². The molecule has 0 amide bonds. The van der Waals surface area contributed by atoms with Gasteiger partial charge in [0, 0.05) is 5.33 Å². The van der Waals surface area contributed by atoms with E-state index in [1.54, 1.807) is 0 Å². The highest BCUT2D eigenvalue weighted by atomic mass is 79.9. The summed E-state index contributed by atoms with van der Waals surface area (Å²) < 4.78 is 19.0. The Morgan fingerprint density at radius 2 is 0.667 bits per heavy atom. The van der Waals surface area contributed by atoms with Gasteiger partial charge in [-0.2, -0.15) is 0 Å². The SMILES string of the molecule is CC(C)(C)c1ccc(OCC(CBr)(COc2ccc(C(C)(C)C)cc2)COc2ccc(C(C)(C)C)cc2)cc1. The van der Waals surface area contributed by atoms with Gasteiger partial charge < -0.3 is 14.2 Å². The van der Waals surface area contributed by atoms with E-state index in [-0.39, 0.29) is 16.2 Å². The summed E-state index contributed by atoms with van der Waals surface area (Å²) in [4.78, 5) is 0. The van der Waals surface area contributed by atoms with Crippen molar-refractivity contribution in [3.8, 4) is 17.2 Å². The molecule has 0 N–H and O–H groups in total. The summed E-state index contributed by atoms with van der Waals surface area (Å²) in [7, 11) is 0. The summed E-state index contributed by atoms with van der Waals surface area (Å²) in [5.41, 5.74) is 3.75. The standard InChI is InChI=1S/C35H47BrO3/c1-32(2,3)26-10-16-29(17-11-26)37-23-35(22-36,24-38-30-18-12-27(13-19-30)33(4,5)6)25-39-31-20-14-28(15-21-31)34(7,8)9/h10-21H,22-25H2,1-9H3. The predicted octanol–water partition coefficient (Wildman–Crippen LogP) is 9.50. The monoisotopic (exact) mass is 594 g/mol. The van der Waals surface area contributed by atoms with E-state index in [1.165, 1.54) is 16.7 Å². The maximum absolute atomic E-state index is 6.34. The molecule has 0 saturated heterocycles. The topological polar surface area (TPSA) is 27.7 Å². The Morgan fingerprint density at radius 1 is 0.436 bits per heavy atom. The third-order valence-corrected chi connectivity index (χ3v) is 8.27. The molecule has 0 spiro atoms. The molecule has 3 aromatic rings. The number of hydrogen-bond acceptors (Lipinski definition) is 3. The lowest BCUT2D eigenvalue weighted by atomic mass is 9.87. The maximum Gasteiger partial charge on any atom is 0.119 e. The molecule has 212 valence electrons. The van der Waals surface area contributed by atoms with Gasteiger partial charge in [-0.1, -0.05) is 115 Å². The van der Waals surface area contributed by atoms with Gasteiger partial charge in [0.15, 0.2) is 0 Å². The van der Waals surface area contributed by atoms with Gasteiger partial charge in [0.05, 0.1) is 5.41 Å². The van der Waals surface area contributed by atoms with Gasteiger partial charge in [-0.05, 0) is 69.3 Å². The fourth-order valence-electron chi connectivity index (χ4n) is 4.10. The Bertz CT molecular complexity index is 1010. The zero-order valence-electron chi connectivity index (χ0n) is 25.4. The van der Waals surface area contributed by atoms with Crippen LogP contribution in [0.5, 0.6) is 17.2 Å². The van der Waals surface area contributed by atoms with E-state index in [0.29, 0.717) is 25.2 Å². The lowest BCUT2D eigenvalue weighted by molar-refractivity contribution is 0.0520. The minimum Gasteiger partial charge on any atom is -0.493 e. The first-order valence-corrected chi connectivity index (χ1v) is 15.0. The van der Waals surface area contributed by atoms with Gasteiger partial charge >= 0.3 is 0 Å². The van der Waals surface area contributed by atoms with Crippen LogP contribution in [0.1, 0.15) is 79.0 Å². The smallest absolute Gasteiger partial charge is 0.119 e. The second-order valence-corrected chi connectivity index (χ2v) is 14.4. The summed E-state index contributed by atoms with van der Waals surface area (Å²) >= 11 is 3.77. The average molecular weight is 596 g/mol. The zero-order chi connectivity index (χ0) is 28.9. The third kappa shape index (κ3) is 9.03. The molecule has 3 rings (SSSR count). The van der Waals surface area contributed by atoms with Crippen LogP contribution in [0.25, 0.3) is 0 Å². The molecule has 3 nitrogen and oxygen atoms in total. The Morgan fingerprint density at radius 3 is 0.846 bits per heavy atom. The number of ether oxygens (including phenoxy) is 3. The van der Waals surface area contributed by atoms with Crippen molar-refractivity contribution >= 4 is 15.9 Å². The van der Waals surface area contributed by atoms with Crippen LogP contribution in [-0.2, 0) is 16.2 Å². The Kier molecular flexibility index (Phi) is 9.86. The molecule has 0 saturated carbocycles. The molecular weight excluding hydrogens is 548 g/mol. The van der Waals surface area contributed by atoms with Gasteiger partial charge in [-0.25, -0.2) is 0 Å². The van der Waals surface area contributed by atoms with Crippen LogP contribution in [0.4, 0.5) is 0 Å². The van der Waals surface area contributed by atoms with Crippen LogP contribution in [0.15, 0.2) is 72.8 Å². The Hall–Kier alpha value is -2.46. The van der Waals surface area contributed by atoms with Gasteiger partial charge in [-0.15, -0.1) is 0 Å². The van der Waals surface area contributed by atoms with E-state index in [2.05, 4.69) is 151 Å². The van der Waals surface area contributed by atoms with Crippen LogP contribution in [0.3, 0.4) is 0 Å². The van der Waals surface area contributed by atoms with Crippen molar-refractivity contribution in [2.45, 2.75) is 78.6 Å². The highest BCUT2D eigenvalue weighted by Gasteiger charge is 2.33. The van der Waals surface area contributed by atoms with Crippen molar-refractivity contribution in [1.82, 2.24) is 0 Å². The molecule has 39 heavy (non-hydrogen) atoms. The summed E-state index contributed by atoms with van der Waals surface area (Å²) in [5, 5.41) is 0.667. The Balaban J connectivity index is 1.77. The molecule has 0 aromatic heterocycles. The van der Waals surface area contributed by atoms with Crippen molar-refractivity contribution in [3.05, 3.63) is 89.5 Å². The largest absolute Gasteiger partial charge is 0.493 e. The minimum atomic E-state index is -0.409. The van der Waals surface area contributed by atoms with Crippen molar-refractivity contribution < 1.29 is 14.2 Å². The van der Waals surface area contributed by atoms with E-state index in [0.717, 1.165) is 17.2 Å². The van der Waals surface area contributed by atoms with E-state index >= 15 is 0 Å². The first kappa shape index (κ1) is 31.1. The fourth-order valence-corrected chi connectivity index (χ4v) is 4.59. The van der Waals surface area contributed by atoms with Gasteiger partial charge in [0.1, 0.15) is 37.1 Å². The molecule has 4 heteroatoms. The maximum atomic E-state index is 6.34. The van der Waals surface area contributed by atoms with Crippen LogP contribution >= 0.6 is 15.9 Å². The molecule has 0 unspecified atom stereocenters. The molecule has 0 radical (unpaired) electrons. The van der Waals surface area contributed by atoms with Crippen LogP contribution in [0.2, 0.25) is 0 Å². The van der Waals surface area contributed by atoms with Crippen molar-refractivity contribution in [3.63, 3.8) is 0 Å². The lowest BCUT2D eigenvalue weighted by Crippen LogP contribution is -2.42. The zero-order valence-corrected chi connectivity index (χ0v) is 26.9. The number of alkyl halides is 1. The molecular formula is C35H47BrO3. The van der Waals surface area contributed by atoms with Crippen LogP contribution in [0, 0.1) is 5.41 Å². The van der Waals surface area contributed by atoms with Crippen LogP contribution < -0.4 is 14.2 Å². The van der Waals surface area contributed by atoms with Crippen molar-refractivity contribution in [2.75, 3.05) is 25.2 Å². The first-order valence-electron chi connectivity index (χ1n) is 13.9. The normalized spacial score (nSPS) is 12.8. The molecule has 0 aliphatic rings. The molecule has 0 aliphatic carbocycles. The summed E-state index contributed by atoms with van der Waals surface area (Å²) in [6, 6.07) is 25.2.